The van der Waals surface area contributed by atoms with Crippen LogP contribution in [0.5, 0.6) is 0 Å². The molecule has 2 heteroatoms. The number of carbonyl (C=O) groups is 1. The molecule has 0 aromatic heterocycles. The van der Waals surface area contributed by atoms with E-state index in [1.165, 1.54) is 62.5 Å². The number of benzene rings is 1. The van der Waals surface area contributed by atoms with Crippen molar-refractivity contribution in [2.75, 3.05) is 0 Å². The molecule has 0 spiro atoms. The summed E-state index contributed by atoms with van der Waals surface area (Å²) in [6.07, 6.45) is 13.1. The number of unbranched alkanes of at least 4 members (excludes halogenated alkanes) is 4. The van der Waals surface area contributed by atoms with Gasteiger partial charge in [-0.25, -0.2) is 0 Å². The minimum atomic E-state index is -0.0952. The van der Waals surface area contributed by atoms with Gasteiger partial charge in [-0.3, -0.25) is 4.79 Å². The van der Waals surface area contributed by atoms with Gasteiger partial charge in [-0.15, -0.1) is 0 Å². The molecule has 1 aliphatic carbocycles. The first-order valence-corrected chi connectivity index (χ1v) is 9.59. The molecule has 0 radical (unpaired) electrons. The maximum absolute atomic E-state index is 11.9. The third-order valence-electron chi connectivity index (χ3n) is 5.37. The molecule has 0 fully saturated rings. The lowest BCUT2D eigenvalue weighted by atomic mass is 9.82. The van der Waals surface area contributed by atoms with Crippen LogP contribution in [0.2, 0.25) is 0 Å². The number of aryl methyl sites for hydroxylation is 1. The van der Waals surface area contributed by atoms with Crippen LogP contribution in [0.3, 0.4) is 0 Å². The fraction of sp³-hybridized carbons (Fsp3) is 0.667. The molecule has 2 atom stereocenters. The third-order valence-corrected chi connectivity index (χ3v) is 5.37. The summed E-state index contributed by atoms with van der Waals surface area (Å²) in [5.41, 5.74) is 8.68. The van der Waals surface area contributed by atoms with E-state index in [0.717, 1.165) is 19.3 Å². The van der Waals surface area contributed by atoms with Crippen LogP contribution in [0.25, 0.3) is 0 Å². The molecule has 2 N–H and O–H groups in total. The Morgan fingerprint density at radius 3 is 2.74 bits per heavy atom. The first-order chi connectivity index (χ1) is 11.2. The van der Waals surface area contributed by atoms with Gasteiger partial charge in [-0.1, -0.05) is 69.7 Å². The van der Waals surface area contributed by atoms with Crippen LogP contribution in [0, 0.1) is 5.92 Å². The summed E-state index contributed by atoms with van der Waals surface area (Å²) >= 11 is 0. The monoisotopic (exact) mass is 315 g/mol. The Morgan fingerprint density at radius 1 is 1.17 bits per heavy atom. The Kier molecular flexibility index (Phi) is 7.64. The zero-order valence-corrected chi connectivity index (χ0v) is 14.7. The second-order valence-electron chi connectivity index (χ2n) is 7.18. The molecule has 2 unspecified atom stereocenters. The average Bonchev–Trinajstić information content (AvgIpc) is 2.76. The fourth-order valence-corrected chi connectivity index (χ4v) is 3.98. The summed E-state index contributed by atoms with van der Waals surface area (Å²) in [6.45, 7) is 2.23. The first kappa shape index (κ1) is 18.0. The van der Waals surface area contributed by atoms with E-state index >= 15 is 0 Å². The number of amides is 1. The van der Waals surface area contributed by atoms with Crippen LogP contribution >= 0.6 is 0 Å². The normalized spacial score (nSPS) is 18.9. The number of hydrogen-bond acceptors (Lipinski definition) is 1. The number of fused-ring (bicyclic) bond motifs is 1. The van der Waals surface area contributed by atoms with Gasteiger partial charge in [0.1, 0.15) is 0 Å². The van der Waals surface area contributed by atoms with Crippen molar-refractivity contribution < 1.29 is 4.79 Å². The number of rotatable bonds is 9. The van der Waals surface area contributed by atoms with E-state index in [-0.39, 0.29) is 11.8 Å². The Bertz CT molecular complexity index is 482. The molecule has 2 nitrogen and oxygen atoms in total. The van der Waals surface area contributed by atoms with Crippen LogP contribution in [0.15, 0.2) is 24.3 Å². The van der Waals surface area contributed by atoms with Crippen molar-refractivity contribution in [2.45, 2.75) is 83.5 Å². The van der Waals surface area contributed by atoms with Gasteiger partial charge < -0.3 is 5.73 Å². The van der Waals surface area contributed by atoms with Crippen molar-refractivity contribution in [3.05, 3.63) is 35.4 Å². The topological polar surface area (TPSA) is 43.1 Å². The molecule has 0 saturated heterocycles. The zero-order chi connectivity index (χ0) is 16.5. The second-order valence-corrected chi connectivity index (χ2v) is 7.18. The van der Waals surface area contributed by atoms with Crippen LogP contribution in [-0.4, -0.2) is 5.91 Å². The van der Waals surface area contributed by atoms with Gasteiger partial charge in [0.05, 0.1) is 0 Å². The number of hydrogen-bond donors (Lipinski definition) is 1. The van der Waals surface area contributed by atoms with Crippen LogP contribution in [0.1, 0.15) is 88.2 Å². The molecular weight excluding hydrogens is 282 g/mol. The molecule has 1 aromatic carbocycles. The Morgan fingerprint density at radius 2 is 1.96 bits per heavy atom. The summed E-state index contributed by atoms with van der Waals surface area (Å²) in [6, 6.07) is 8.81. The van der Waals surface area contributed by atoms with Gasteiger partial charge in [0.15, 0.2) is 0 Å². The third kappa shape index (κ3) is 5.67. The second kappa shape index (κ2) is 9.75. The van der Waals surface area contributed by atoms with Crippen LogP contribution in [0.4, 0.5) is 0 Å². The first-order valence-electron chi connectivity index (χ1n) is 9.59. The molecule has 0 saturated carbocycles. The van der Waals surface area contributed by atoms with Crippen LogP contribution in [-0.2, 0) is 11.2 Å². The Hall–Kier alpha value is -1.31. The highest BCUT2D eigenvalue weighted by Gasteiger charge is 2.24. The summed E-state index contributed by atoms with van der Waals surface area (Å²) in [5, 5.41) is 0. The zero-order valence-electron chi connectivity index (χ0n) is 14.7. The summed E-state index contributed by atoms with van der Waals surface area (Å²) in [4.78, 5) is 11.9. The van der Waals surface area contributed by atoms with E-state index in [1.807, 2.05) is 0 Å². The number of primary amides is 1. The molecule has 0 bridgehead atoms. The molecule has 1 amide bonds. The molecule has 128 valence electrons. The smallest absolute Gasteiger partial charge is 0.220 e. The van der Waals surface area contributed by atoms with E-state index in [4.69, 9.17) is 5.73 Å². The minimum absolute atomic E-state index is 0.0489. The lowest BCUT2D eigenvalue weighted by Gasteiger charge is -2.22. The van der Waals surface area contributed by atoms with Crippen molar-refractivity contribution in [1.82, 2.24) is 0 Å². The van der Waals surface area contributed by atoms with E-state index in [9.17, 15) is 4.79 Å². The van der Waals surface area contributed by atoms with E-state index in [0.29, 0.717) is 5.92 Å². The molecule has 2 rings (SSSR count). The average molecular weight is 316 g/mol. The van der Waals surface area contributed by atoms with Crippen molar-refractivity contribution in [3.63, 3.8) is 0 Å². The Labute approximate surface area is 141 Å². The molecule has 1 aliphatic rings. The molecule has 1 aromatic rings. The number of carbonyl (C=O) groups excluding carboxylic acids is 1. The van der Waals surface area contributed by atoms with E-state index in [1.54, 1.807) is 0 Å². The standard InChI is InChI=1S/C21H33NO/c1-2-3-4-5-6-14-19(21(22)23)16-18-13-8-7-11-17-12-9-10-15-20(17)18/h9-10,12,15,18-19H,2-8,11,13-14,16H2,1H3,(H2,22,23). The van der Waals surface area contributed by atoms with Crippen molar-refractivity contribution in [1.29, 1.82) is 0 Å². The molecule has 23 heavy (non-hydrogen) atoms. The maximum atomic E-state index is 11.9. The summed E-state index contributed by atoms with van der Waals surface area (Å²) < 4.78 is 0. The van der Waals surface area contributed by atoms with Gasteiger partial charge in [0.2, 0.25) is 5.91 Å². The van der Waals surface area contributed by atoms with Gasteiger partial charge in [-0.2, -0.15) is 0 Å². The predicted molar refractivity (Wildman–Crippen MR) is 97.4 cm³/mol. The summed E-state index contributed by atoms with van der Waals surface area (Å²) in [5.74, 6) is 0.469. The van der Waals surface area contributed by atoms with Gasteiger partial charge in [0.25, 0.3) is 0 Å². The lowest BCUT2D eigenvalue weighted by molar-refractivity contribution is -0.122. The van der Waals surface area contributed by atoms with Crippen molar-refractivity contribution >= 4 is 5.91 Å². The minimum Gasteiger partial charge on any atom is -0.369 e. The fourth-order valence-electron chi connectivity index (χ4n) is 3.98. The SMILES string of the molecule is CCCCCCCC(CC1CCCCc2ccccc21)C(N)=O. The lowest BCUT2D eigenvalue weighted by Crippen LogP contribution is -2.25. The van der Waals surface area contributed by atoms with Gasteiger partial charge in [-0.05, 0) is 49.1 Å². The van der Waals surface area contributed by atoms with Crippen LogP contribution < -0.4 is 5.73 Å². The maximum Gasteiger partial charge on any atom is 0.220 e. The molecular formula is C21H33NO. The van der Waals surface area contributed by atoms with Crippen molar-refractivity contribution in [3.8, 4) is 0 Å². The highest BCUT2D eigenvalue weighted by molar-refractivity contribution is 5.76. The molecule has 0 heterocycles. The highest BCUT2D eigenvalue weighted by atomic mass is 16.1. The van der Waals surface area contributed by atoms with E-state index in [2.05, 4.69) is 31.2 Å². The highest BCUT2D eigenvalue weighted by Crippen LogP contribution is 2.36. The quantitative estimate of drug-likeness (QED) is 0.484. The summed E-state index contributed by atoms with van der Waals surface area (Å²) in [7, 11) is 0. The molecule has 0 aliphatic heterocycles. The van der Waals surface area contributed by atoms with E-state index < -0.39 is 0 Å². The predicted octanol–water partition coefficient (Wildman–Crippen LogP) is 5.35. The van der Waals surface area contributed by atoms with Gasteiger partial charge in [0, 0.05) is 5.92 Å². The van der Waals surface area contributed by atoms with Crippen molar-refractivity contribution in [2.24, 2.45) is 11.7 Å². The number of nitrogens with two attached hydrogens (primary N) is 1. The largest absolute Gasteiger partial charge is 0.369 e. The Balaban J connectivity index is 1.95. The van der Waals surface area contributed by atoms with Gasteiger partial charge >= 0.3 is 0 Å².